The maximum atomic E-state index is 11.0. The summed E-state index contributed by atoms with van der Waals surface area (Å²) in [5, 5.41) is 2.15. The monoisotopic (exact) mass is 478 g/mol. The van der Waals surface area contributed by atoms with Crippen LogP contribution >= 0.6 is 34.5 Å². The van der Waals surface area contributed by atoms with Crippen molar-refractivity contribution in [3.8, 4) is 5.75 Å². The highest BCUT2D eigenvalue weighted by Gasteiger charge is 2.27. The molecule has 4 rings (SSSR count). The van der Waals surface area contributed by atoms with Gasteiger partial charge < -0.3 is 14.4 Å². The zero-order chi connectivity index (χ0) is 21.8. The largest absolute Gasteiger partial charge is 0.474 e. The Morgan fingerprint density at radius 1 is 1.19 bits per heavy atom. The normalized spacial score (nSPS) is 15.9. The summed E-state index contributed by atoms with van der Waals surface area (Å²) in [6, 6.07) is 7.40. The van der Waals surface area contributed by atoms with Gasteiger partial charge in [0.2, 0.25) is 0 Å². The van der Waals surface area contributed by atoms with E-state index >= 15 is 0 Å². The topological polar surface area (TPSA) is 58.6 Å². The summed E-state index contributed by atoms with van der Waals surface area (Å²) in [6.07, 6.45) is 4.37. The van der Waals surface area contributed by atoms with Crippen molar-refractivity contribution in [2.75, 3.05) is 31.1 Å². The number of hydrogen-bond acceptors (Lipinski definition) is 7. The number of hydrogen-bond donors (Lipinski definition) is 0. The molecule has 1 atom stereocenters. The number of fused-ring (bicyclic) bond motifs is 1. The van der Waals surface area contributed by atoms with Crippen LogP contribution < -0.4 is 9.64 Å². The van der Waals surface area contributed by atoms with Crippen molar-refractivity contribution in [3.63, 3.8) is 0 Å². The van der Waals surface area contributed by atoms with Crippen LogP contribution in [0.2, 0.25) is 10.0 Å². The Morgan fingerprint density at radius 3 is 2.71 bits per heavy atom. The van der Waals surface area contributed by atoms with E-state index in [2.05, 4.69) is 32.8 Å². The molecule has 0 bridgehead atoms. The van der Waals surface area contributed by atoms with Crippen LogP contribution in [0.5, 0.6) is 5.75 Å². The number of carbonyl (C=O) groups excluding carboxylic acids is 1. The second-order valence-corrected chi connectivity index (χ2v) is 9.36. The predicted molar refractivity (Wildman–Crippen MR) is 127 cm³/mol. The maximum absolute atomic E-state index is 11.0. The summed E-state index contributed by atoms with van der Waals surface area (Å²) in [6.45, 7) is 5.39. The van der Waals surface area contributed by atoms with Gasteiger partial charge in [-0.25, -0.2) is 9.97 Å². The molecule has 0 saturated carbocycles. The van der Waals surface area contributed by atoms with Gasteiger partial charge in [0.15, 0.2) is 6.23 Å². The second kappa shape index (κ2) is 10.1. The highest BCUT2D eigenvalue weighted by Crippen LogP contribution is 2.32. The number of thiophene rings is 1. The van der Waals surface area contributed by atoms with E-state index in [4.69, 9.17) is 27.9 Å². The molecule has 1 aromatic carbocycles. The lowest BCUT2D eigenvalue weighted by molar-refractivity contribution is -0.108. The van der Waals surface area contributed by atoms with Crippen molar-refractivity contribution in [3.05, 3.63) is 45.5 Å². The van der Waals surface area contributed by atoms with E-state index < -0.39 is 0 Å². The van der Waals surface area contributed by atoms with Gasteiger partial charge in [-0.2, -0.15) is 0 Å². The van der Waals surface area contributed by atoms with Gasteiger partial charge in [0, 0.05) is 48.9 Å². The Morgan fingerprint density at radius 2 is 2.00 bits per heavy atom. The zero-order valence-corrected chi connectivity index (χ0v) is 19.6. The van der Waals surface area contributed by atoms with Crippen LogP contribution in [0.3, 0.4) is 0 Å². The molecule has 0 amide bonds. The van der Waals surface area contributed by atoms with Crippen molar-refractivity contribution in [1.82, 2.24) is 14.9 Å². The average molecular weight is 479 g/mol. The van der Waals surface area contributed by atoms with Crippen LogP contribution in [-0.2, 0) is 11.2 Å². The average Bonchev–Trinajstić information content (AvgIpc) is 3.22. The summed E-state index contributed by atoms with van der Waals surface area (Å²) in [5.41, 5.74) is 0. The van der Waals surface area contributed by atoms with Crippen molar-refractivity contribution in [2.45, 2.75) is 32.4 Å². The molecule has 164 valence electrons. The molecular formula is C22H24Cl2N4O2S. The zero-order valence-electron chi connectivity index (χ0n) is 17.3. The molecule has 1 saturated heterocycles. The third-order valence-corrected chi connectivity index (χ3v) is 7.14. The lowest BCUT2D eigenvalue weighted by Crippen LogP contribution is -2.52. The predicted octanol–water partition coefficient (Wildman–Crippen LogP) is 5.07. The second-order valence-electron chi connectivity index (χ2n) is 7.40. The van der Waals surface area contributed by atoms with Gasteiger partial charge in [-0.3, -0.25) is 4.90 Å². The van der Waals surface area contributed by atoms with Gasteiger partial charge in [-0.1, -0.05) is 30.1 Å². The van der Waals surface area contributed by atoms with Gasteiger partial charge in [-0.05, 0) is 30.7 Å². The van der Waals surface area contributed by atoms with Gasteiger partial charge >= 0.3 is 0 Å². The van der Waals surface area contributed by atoms with Gasteiger partial charge in [-0.15, -0.1) is 11.3 Å². The Hall–Kier alpha value is -1.93. The van der Waals surface area contributed by atoms with E-state index in [1.54, 1.807) is 35.9 Å². The number of piperazine rings is 1. The Bertz CT molecular complexity index is 1050. The van der Waals surface area contributed by atoms with Crippen LogP contribution in [0.25, 0.3) is 10.2 Å². The van der Waals surface area contributed by atoms with Crippen molar-refractivity contribution < 1.29 is 9.53 Å². The number of benzene rings is 1. The molecule has 3 aromatic rings. The summed E-state index contributed by atoms with van der Waals surface area (Å²) in [7, 11) is 0. The first-order chi connectivity index (χ1) is 15.1. The first-order valence-corrected chi connectivity index (χ1v) is 11.9. The Balaban J connectivity index is 1.47. The molecule has 2 aromatic heterocycles. The number of nitrogens with zero attached hydrogens (tertiary/aromatic N) is 4. The van der Waals surface area contributed by atoms with Crippen LogP contribution in [0.4, 0.5) is 5.82 Å². The SMILES string of the molecule is CCc1cc2c(N3CCN(C(CCC=O)Oc4ccc(Cl)cc4Cl)CC3)ncnc2s1. The molecular weight excluding hydrogens is 455 g/mol. The van der Waals surface area contributed by atoms with E-state index in [1.165, 1.54) is 4.88 Å². The summed E-state index contributed by atoms with van der Waals surface area (Å²) in [4.78, 5) is 26.9. The van der Waals surface area contributed by atoms with Crippen LogP contribution in [0, 0.1) is 0 Å². The number of rotatable bonds is 8. The molecule has 0 spiro atoms. The Kier molecular flexibility index (Phi) is 7.27. The van der Waals surface area contributed by atoms with Gasteiger partial charge in [0.25, 0.3) is 0 Å². The molecule has 1 aliphatic heterocycles. The highest BCUT2D eigenvalue weighted by atomic mass is 35.5. The van der Waals surface area contributed by atoms with E-state index in [-0.39, 0.29) is 6.23 Å². The molecule has 0 radical (unpaired) electrons. The van der Waals surface area contributed by atoms with Crippen molar-refractivity contribution in [2.24, 2.45) is 0 Å². The fourth-order valence-corrected chi connectivity index (χ4v) is 5.17. The standard InChI is InChI=1S/C22H24Cl2N4O2S/c1-2-16-13-17-21(25-14-26-22(17)31-16)28-9-7-27(8-10-28)20(4-3-11-29)30-19-6-5-15(23)12-18(19)24/h5-6,11-14,20H,2-4,7-10H2,1H3. The maximum Gasteiger partial charge on any atom is 0.153 e. The lowest BCUT2D eigenvalue weighted by Gasteiger charge is -2.39. The first-order valence-electron chi connectivity index (χ1n) is 10.4. The molecule has 0 N–H and O–H groups in total. The fraction of sp³-hybridized carbons (Fsp3) is 0.409. The van der Waals surface area contributed by atoms with E-state index in [1.807, 2.05) is 0 Å². The molecule has 3 heterocycles. The van der Waals surface area contributed by atoms with E-state index in [9.17, 15) is 4.79 Å². The minimum Gasteiger partial charge on any atom is -0.474 e. The van der Waals surface area contributed by atoms with Crippen LogP contribution in [-0.4, -0.2) is 53.6 Å². The Labute approximate surface area is 195 Å². The van der Waals surface area contributed by atoms with Gasteiger partial charge in [0.1, 0.15) is 29.0 Å². The fourth-order valence-electron chi connectivity index (χ4n) is 3.78. The number of aldehydes is 1. The number of anilines is 1. The van der Waals surface area contributed by atoms with E-state index in [0.29, 0.717) is 28.6 Å². The van der Waals surface area contributed by atoms with E-state index in [0.717, 1.165) is 54.9 Å². The number of aromatic nitrogens is 2. The quantitative estimate of drug-likeness (QED) is 0.421. The smallest absolute Gasteiger partial charge is 0.153 e. The number of aryl methyl sites for hydroxylation is 1. The molecule has 6 nitrogen and oxygen atoms in total. The minimum atomic E-state index is -0.232. The number of halogens is 2. The molecule has 0 aliphatic carbocycles. The minimum absolute atomic E-state index is 0.232. The molecule has 1 unspecified atom stereocenters. The van der Waals surface area contributed by atoms with Crippen molar-refractivity contribution >= 4 is 56.9 Å². The number of ether oxygens (including phenoxy) is 1. The summed E-state index contributed by atoms with van der Waals surface area (Å²) in [5.74, 6) is 1.57. The van der Waals surface area contributed by atoms with Gasteiger partial charge in [0.05, 0.1) is 10.4 Å². The third-order valence-electron chi connectivity index (χ3n) is 5.42. The lowest BCUT2D eigenvalue weighted by atomic mass is 10.2. The summed E-state index contributed by atoms with van der Waals surface area (Å²) >= 11 is 14.0. The highest BCUT2D eigenvalue weighted by molar-refractivity contribution is 7.18. The number of carbonyl (C=O) groups is 1. The molecule has 1 aliphatic rings. The first kappa shape index (κ1) is 22.3. The third kappa shape index (κ3) is 5.12. The van der Waals surface area contributed by atoms with Crippen LogP contribution in [0.15, 0.2) is 30.6 Å². The van der Waals surface area contributed by atoms with Crippen LogP contribution in [0.1, 0.15) is 24.6 Å². The molecule has 31 heavy (non-hydrogen) atoms. The summed E-state index contributed by atoms with van der Waals surface area (Å²) < 4.78 is 6.20. The van der Waals surface area contributed by atoms with Crippen molar-refractivity contribution in [1.29, 1.82) is 0 Å². The molecule has 1 fully saturated rings. The molecule has 9 heteroatoms.